The highest BCUT2D eigenvalue weighted by atomic mass is 16.5. The van der Waals surface area contributed by atoms with Crippen LogP contribution in [0.5, 0.6) is 5.75 Å². The normalized spacial score (nSPS) is 9.79. The summed E-state index contributed by atoms with van der Waals surface area (Å²) in [6, 6.07) is 9.85. The maximum absolute atomic E-state index is 8.00. The Labute approximate surface area is 146 Å². The predicted molar refractivity (Wildman–Crippen MR) is 100 cm³/mol. The van der Waals surface area contributed by atoms with Crippen molar-refractivity contribution in [1.82, 2.24) is 5.16 Å². The van der Waals surface area contributed by atoms with E-state index in [0.29, 0.717) is 5.88 Å². The minimum absolute atomic E-state index is 0. The van der Waals surface area contributed by atoms with Crippen molar-refractivity contribution in [3.05, 3.63) is 41.6 Å². The van der Waals surface area contributed by atoms with Gasteiger partial charge in [-0.2, -0.15) is 0 Å². The zero-order valence-electron chi connectivity index (χ0n) is 14.9. The Morgan fingerprint density at radius 3 is 1.96 bits per heavy atom. The number of ether oxygens (including phenoxy) is 1. The lowest BCUT2D eigenvalue weighted by molar-refractivity contribution is -0.0979. The van der Waals surface area contributed by atoms with E-state index in [-0.39, 0.29) is 18.9 Å². The van der Waals surface area contributed by atoms with Gasteiger partial charge < -0.3 is 19.8 Å². The molecule has 5 nitrogen and oxygen atoms in total. The molecule has 1 aromatic heterocycles. The van der Waals surface area contributed by atoms with Gasteiger partial charge >= 0.3 is 0 Å². The smallest absolute Gasteiger partial charge is 0.222 e. The number of hydrogen-bond acceptors (Lipinski definition) is 5. The molecule has 136 valence electrons. The van der Waals surface area contributed by atoms with E-state index in [2.05, 4.69) is 45.0 Å². The second kappa shape index (κ2) is 11.3. The molecule has 0 aliphatic heterocycles. The summed E-state index contributed by atoms with van der Waals surface area (Å²) in [5.74, 6) is 1.33. The molecule has 0 bridgehead atoms. The number of nitrogens with two attached hydrogens (primary N) is 1. The monoisotopic (exact) mass is 336 g/mol. The maximum Gasteiger partial charge on any atom is 0.222 e. The standard InChI is InChI=1S/C10H14O.C7H12N2O.CH2O.CH4/c1-8(2)11-10-6-4-9(3)5-7-10;1-7(2,3)5-4-6(8)10-9-5;1-2;/h4-8H,1-3H3;4H,8H2,1-3H3;1H2;1H4. The van der Waals surface area contributed by atoms with Crippen LogP contribution < -0.4 is 10.5 Å². The van der Waals surface area contributed by atoms with E-state index in [4.69, 9.17) is 19.8 Å². The van der Waals surface area contributed by atoms with Crippen LogP contribution in [-0.4, -0.2) is 18.0 Å². The number of nitrogens with zero attached hydrogens (tertiary/aromatic N) is 1. The average Bonchev–Trinajstić information content (AvgIpc) is 2.91. The minimum Gasteiger partial charge on any atom is -0.491 e. The van der Waals surface area contributed by atoms with E-state index >= 15 is 0 Å². The van der Waals surface area contributed by atoms with E-state index in [1.807, 2.05) is 32.8 Å². The zero-order chi connectivity index (χ0) is 18.0. The Morgan fingerprint density at radius 1 is 1.17 bits per heavy atom. The molecule has 0 spiro atoms. The molecule has 0 aliphatic carbocycles. The Balaban J connectivity index is 0. The molecule has 0 saturated carbocycles. The molecule has 2 aromatic rings. The Bertz CT molecular complexity index is 555. The number of rotatable bonds is 2. The van der Waals surface area contributed by atoms with Crippen LogP contribution in [0, 0.1) is 6.92 Å². The molecule has 5 heteroatoms. The van der Waals surface area contributed by atoms with Crippen molar-refractivity contribution in [2.75, 3.05) is 5.73 Å². The number of anilines is 1. The van der Waals surface area contributed by atoms with Crippen molar-refractivity contribution in [1.29, 1.82) is 0 Å². The van der Waals surface area contributed by atoms with Crippen LogP contribution in [0.15, 0.2) is 34.9 Å². The maximum atomic E-state index is 8.00. The first-order valence-corrected chi connectivity index (χ1v) is 7.43. The number of carbonyl (C=O) groups is 1. The van der Waals surface area contributed by atoms with E-state index in [0.717, 1.165) is 11.4 Å². The fraction of sp³-hybridized carbons (Fsp3) is 0.474. The van der Waals surface area contributed by atoms with Gasteiger partial charge in [-0.05, 0) is 32.9 Å². The van der Waals surface area contributed by atoms with E-state index in [9.17, 15) is 0 Å². The molecule has 1 aromatic carbocycles. The van der Waals surface area contributed by atoms with E-state index in [1.54, 1.807) is 6.07 Å². The van der Waals surface area contributed by atoms with Crippen molar-refractivity contribution in [3.8, 4) is 5.75 Å². The first-order chi connectivity index (χ1) is 10.7. The molecule has 0 fully saturated rings. The van der Waals surface area contributed by atoms with Gasteiger partial charge in [0.25, 0.3) is 0 Å². The Kier molecular flexibility index (Phi) is 11.2. The van der Waals surface area contributed by atoms with Crippen LogP contribution in [0.25, 0.3) is 0 Å². The van der Waals surface area contributed by atoms with Gasteiger partial charge in [0.2, 0.25) is 5.88 Å². The molecule has 1 heterocycles. The first-order valence-electron chi connectivity index (χ1n) is 7.43. The number of carbonyl (C=O) groups excluding carboxylic acids is 1. The third-order valence-electron chi connectivity index (χ3n) is 2.69. The van der Waals surface area contributed by atoms with Gasteiger partial charge in [-0.15, -0.1) is 0 Å². The fourth-order valence-corrected chi connectivity index (χ4v) is 1.53. The van der Waals surface area contributed by atoms with Crippen molar-refractivity contribution in [2.45, 2.75) is 60.5 Å². The molecule has 0 atom stereocenters. The highest BCUT2D eigenvalue weighted by molar-refractivity contribution is 5.27. The summed E-state index contributed by atoms with van der Waals surface area (Å²) >= 11 is 0. The average molecular weight is 336 g/mol. The van der Waals surface area contributed by atoms with Crippen LogP contribution in [0.2, 0.25) is 0 Å². The molecule has 0 saturated heterocycles. The molecule has 0 unspecified atom stereocenters. The lowest BCUT2D eigenvalue weighted by Crippen LogP contribution is -2.10. The molecular weight excluding hydrogens is 304 g/mol. The van der Waals surface area contributed by atoms with Crippen molar-refractivity contribution in [3.63, 3.8) is 0 Å². The van der Waals surface area contributed by atoms with Gasteiger partial charge in [0.15, 0.2) is 0 Å². The third kappa shape index (κ3) is 9.66. The van der Waals surface area contributed by atoms with Gasteiger partial charge in [0.05, 0.1) is 11.8 Å². The summed E-state index contributed by atoms with van der Waals surface area (Å²) in [6.45, 7) is 14.3. The third-order valence-corrected chi connectivity index (χ3v) is 2.69. The van der Waals surface area contributed by atoms with E-state index < -0.39 is 0 Å². The van der Waals surface area contributed by atoms with Crippen molar-refractivity contribution >= 4 is 12.7 Å². The highest BCUT2D eigenvalue weighted by Crippen LogP contribution is 2.21. The number of aromatic nitrogens is 1. The summed E-state index contributed by atoms with van der Waals surface area (Å²) in [7, 11) is 0. The summed E-state index contributed by atoms with van der Waals surface area (Å²) < 4.78 is 10.2. The Hall–Kier alpha value is -2.30. The van der Waals surface area contributed by atoms with Crippen LogP contribution in [0.1, 0.15) is 53.3 Å². The molecular formula is C19H32N2O3. The molecule has 2 N–H and O–H groups in total. The van der Waals surface area contributed by atoms with Gasteiger partial charge in [-0.3, -0.25) is 0 Å². The van der Waals surface area contributed by atoms with Gasteiger partial charge in [-0.1, -0.05) is 51.1 Å². The van der Waals surface area contributed by atoms with Crippen molar-refractivity contribution < 1.29 is 14.1 Å². The van der Waals surface area contributed by atoms with Crippen LogP contribution in [0.3, 0.4) is 0 Å². The first kappa shape index (κ1) is 24.0. The van der Waals surface area contributed by atoms with Crippen LogP contribution in [-0.2, 0) is 10.2 Å². The van der Waals surface area contributed by atoms with E-state index in [1.165, 1.54) is 5.56 Å². The van der Waals surface area contributed by atoms with Gasteiger partial charge in [0.1, 0.15) is 12.5 Å². The molecule has 0 amide bonds. The topological polar surface area (TPSA) is 78.4 Å². The minimum atomic E-state index is 0. The lowest BCUT2D eigenvalue weighted by atomic mass is 9.92. The molecule has 24 heavy (non-hydrogen) atoms. The quantitative estimate of drug-likeness (QED) is 0.853. The second-order valence-corrected chi connectivity index (χ2v) is 6.34. The molecule has 2 rings (SSSR count). The Morgan fingerprint density at radius 2 is 1.67 bits per heavy atom. The number of aryl methyl sites for hydroxylation is 1. The fourth-order valence-electron chi connectivity index (χ4n) is 1.53. The zero-order valence-corrected chi connectivity index (χ0v) is 14.9. The lowest BCUT2D eigenvalue weighted by Gasteiger charge is -2.12. The van der Waals surface area contributed by atoms with Gasteiger partial charge in [0, 0.05) is 11.5 Å². The van der Waals surface area contributed by atoms with Gasteiger partial charge in [-0.25, -0.2) is 0 Å². The number of nitrogen functional groups attached to an aromatic ring is 1. The largest absolute Gasteiger partial charge is 0.491 e. The van der Waals surface area contributed by atoms with Crippen molar-refractivity contribution in [2.24, 2.45) is 0 Å². The molecule has 0 radical (unpaired) electrons. The predicted octanol–water partition coefficient (Wildman–Crippen LogP) is 4.79. The summed E-state index contributed by atoms with van der Waals surface area (Å²) in [4.78, 5) is 8.00. The number of benzene rings is 1. The molecule has 0 aliphatic rings. The highest BCUT2D eigenvalue weighted by Gasteiger charge is 2.17. The summed E-state index contributed by atoms with van der Waals surface area (Å²) in [5.41, 5.74) is 7.53. The summed E-state index contributed by atoms with van der Waals surface area (Å²) in [6.07, 6.45) is 0.262. The number of hydrogen-bond donors (Lipinski definition) is 1. The van der Waals surface area contributed by atoms with Crippen LogP contribution in [0.4, 0.5) is 5.88 Å². The SMILES string of the molecule is C.C=O.CC(C)(C)c1cc(N)on1.Cc1ccc(OC(C)C)cc1. The summed E-state index contributed by atoms with van der Waals surface area (Å²) in [5, 5.41) is 3.79. The van der Waals surface area contributed by atoms with Crippen LogP contribution >= 0.6 is 0 Å². The second-order valence-electron chi connectivity index (χ2n) is 6.34.